The zero-order valence-corrected chi connectivity index (χ0v) is 14.4. The molecule has 1 fully saturated rings. The molecule has 0 amide bonds. The van der Waals surface area contributed by atoms with Crippen molar-refractivity contribution in [1.82, 2.24) is 4.72 Å². The number of aromatic carboxylic acids is 1. The summed E-state index contributed by atoms with van der Waals surface area (Å²) in [5.74, 6) is -1.30. The van der Waals surface area contributed by atoms with Gasteiger partial charge in [0.15, 0.2) is 0 Å². The summed E-state index contributed by atoms with van der Waals surface area (Å²) in [7, 11) is -3.77. The first-order valence-corrected chi connectivity index (χ1v) is 9.65. The van der Waals surface area contributed by atoms with Gasteiger partial charge in [0, 0.05) is 12.0 Å². The van der Waals surface area contributed by atoms with E-state index in [1.165, 1.54) is 18.2 Å². The Bertz CT molecular complexity index is 959. The predicted octanol–water partition coefficient (Wildman–Crippen LogP) is 1.34. The number of carbonyl (C=O) groups is 1. The second-order valence-electron chi connectivity index (χ2n) is 6.48. The van der Waals surface area contributed by atoms with Gasteiger partial charge in [0.2, 0.25) is 10.0 Å². The van der Waals surface area contributed by atoms with Crippen LogP contribution >= 0.6 is 0 Å². The molecule has 0 saturated heterocycles. The number of aliphatic hydroxyl groups excluding tert-OH is 1. The predicted molar refractivity (Wildman–Crippen MR) is 91.7 cm³/mol. The summed E-state index contributed by atoms with van der Waals surface area (Å²) in [5.41, 5.74) is 0.648. The van der Waals surface area contributed by atoms with Crippen LogP contribution in [0.4, 0.5) is 0 Å². The Morgan fingerprint density at radius 2 is 1.85 bits per heavy atom. The first-order valence-electron chi connectivity index (χ1n) is 8.17. The Labute approximate surface area is 150 Å². The highest BCUT2D eigenvalue weighted by atomic mass is 32.2. The third kappa shape index (κ3) is 2.66. The summed E-state index contributed by atoms with van der Waals surface area (Å²) < 4.78 is 33.3. The Hall–Kier alpha value is -2.42. The van der Waals surface area contributed by atoms with Gasteiger partial charge in [-0.2, -0.15) is 0 Å². The van der Waals surface area contributed by atoms with Crippen molar-refractivity contribution in [2.45, 2.75) is 35.5 Å². The van der Waals surface area contributed by atoms with E-state index in [1.54, 1.807) is 30.3 Å². The lowest BCUT2D eigenvalue weighted by Crippen LogP contribution is -2.41. The Balaban J connectivity index is 1.60. The van der Waals surface area contributed by atoms with Crippen molar-refractivity contribution in [3.63, 3.8) is 0 Å². The fourth-order valence-corrected chi connectivity index (χ4v) is 5.05. The van der Waals surface area contributed by atoms with Crippen molar-refractivity contribution in [2.24, 2.45) is 0 Å². The quantitative estimate of drug-likeness (QED) is 0.743. The SMILES string of the molecule is O=C(O)c1cccc2c1OC1CC(NS(=O)(=O)c3ccccc3)C(O)C21. The maximum absolute atomic E-state index is 12.5. The number of hydrogen-bond donors (Lipinski definition) is 3. The lowest BCUT2D eigenvalue weighted by molar-refractivity contribution is 0.0691. The molecular weight excluding hydrogens is 358 g/mol. The van der Waals surface area contributed by atoms with E-state index in [1.807, 2.05) is 0 Å². The van der Waals surface area contributed by atoms with E-state index in [2.05, 4.69) is 4.72 Å². The lowest BCUT2D eigenvalue weighted by atomic mass is 9.94. The molecule has 7 nitrogen and oxygen atoms in total. The van der Waals surface area contributed by atoms with Crippen LogP contribution in [0.5, 0.6) is 5.75 Å². The monoisotopic (exact) mass is 375 g/mol. The Kier molecular flexibility index (Phi) is 3.98. The van der Waals surface area contributed by atoms with Crippen LogP contribution in [0.15, 0.2) is 53.4 Å². The first kappa shape index (κ1) is 17.0. The van der Waals surface area contributed by atoms with Crippen molar-refractivity contribution in [3.05, 3.63) is 59.7 Å². The van der Waals surface area contributed by atoms with Gasteiger partial charge in [-0.15, -0.1) is 0 Å². The molecule has 8 heteroatoms. The van der Waals surface area contributed by atoms with Gasteiger partial charge in [0.05, 0.1) is 23.0 Å². The van der Waals surface area contributed by atoms with Gasteiger partial charge in [-0.1, -0.05) is 30.3 Å². The minimum absolute atomic E-state index is 0.0468. The number of hydrogen-bond acceptors (Lipinski definition) is 5. The third-order valence-electron chi connectivity index (χ3n) is 4.93. The smallest absolute Gasteiger partial charge is 0.339 e. The molecule has 0 spiro atoms. The molecule has 136 valence electrons. The van der Waals surface area contributed by atoms with E-state index < -0.39 is 40.2 Å². The van der Waals surface area contributed by atoms with Gasteiger partial charge in [-0.3, -0.25) is 0 Å². The van der Waals surface area contributed by atoms with E-state index in [9.17, 15) is 23.4 Å². The molecule has 1 heterocycles. The number of aliphatic hydroxyl groups is 1. The maximum Gasteiger partial charge on any atom is 0.339 e. The Morgan fingerprint density at radius 3 is 2.54 bits per heavy atom. The molecule has 2 aliphatic rings. The molecule has 4 atom stereocenters. The van der Waals surface area contributed by atoms with Gasteiger partial charge >= 0.3 is 5.97 Å². The fraction of sp³-hybridized carbons (Fsp3) is 0.278. The van der Waals surface area contributed by atoms with Gasteiger partial charge in [-0.25, -0.2) is 17.9 Å². The zero-order valence-electron chi connectivity index (χ0n) is 13.6. The normalized spacial score (nSPS) is 26.8. The molecule has 4 rings (SSSR count). The summed E-state index contributed by atoms with van der Waals surface area (Å²) in [5, 5.41) is 20.0. The molecule has 0 aromatic heterocycles. The summed E-state index contributed by atoms with van der Waals surface area (Å²) in [4.78, 5) is 11.5. The minimum atomic E-state index is -3.77. The topological polar surface area (TPSA) is 113 Å². The van der Waals surface area contributed by atoms with E-state index in [0.29, 0.717) is 5.56 Å². The number of nitrogens with one attached hydrogen (secondary N) is 1. The highest BCUT2D eigenvalue weighted by Crippen LogP contribution is 2.48. The highest BCUT2D eigenvalue weighted by Gasteiger charge is 2.51. The van der Waals surface area contributed by atoms with E-state index in [0.717, 1.165) is 0 Å². The van der Waals surface area contributed by atoms with Crippen LogP contribution in [0.1, 0.15) is 28.3 Å². The van der Waals surface area contributed by atoms with Crippen molar-refractivity contribution in [1.29, 1.82) is 0 Å². The molecule has 4 unspecified atom stereocenters. The number of carboxylic acids is 1. The molecular formula is C18H17NO6S. The van der Waals surface area contributed by atoms with Crippen LogP contribution < -0.4 is 9.46 Å². The van der Waals surface area contributed by atoms with Gasteiger partial charge in [0.25, 0.3) is 0 Å². The van der Waals surface area contributed by atoms with Crippen molar-refractivity contribution < 1.29 is 28.2 Å². The number of fused-ring (bicyclic) bond motifs is 3. The Morgan fingerprint density at radius 1 is 1.12 bits per heavy atom. The van der Waals surface area contributed by atoms with Crippen molar-refractivity contribution in [3.8, 4) is 5.75 Å². The molecule has 26 heavy (non-hydrogen) atoms. The molecule has 0 radical (unpaired) electrons. The third-order valence-corrected chi connectivity index (χ3v) is 6.44. The van der Waals surface area contributed by atoms with E-state index in [-0.39, 0.29) is 22.6 Å². The van der Waals surface area contributed by atoms with Gasteiger partial charge in [-0.05, 0) is 18.2 Å². The van der Waals surface area contributed by atoms with Crippen LogP contribution in [0.2, 0.25) is 0 Å². The number of sulfonamides is 1. The standard InChI is InChI=1S/C18H17NO6S/c20-16-13(19-26(23,24)10-5-2-1-3-6-10)9-14-15(16)11-7-4-8-12(18(21)22)17(11)25-14/h1-8,13-16,19-20H,9H2,(H,21,22). The average Bonchev–Trinajstić information content (AvgIpc) is 3.12. The summed E-state index contributed by atoms with van der Waals surface area (Å²) in [6.45, 7) is 0. The molecule has 2 aromatic carbocycles. The minimum Gasteiger partial charge on any atom is -0.488 e. The molecule has 2 aromatic rings. The number of carboxylic acid groups (broad SMARTS) is 1. The largest absolute Gasteiger partial charge is 0.488 e. The first-order chi connectivity index (χ1) is 12.4. The van der Waals surface area contributed by atoms with Crippen LogP contribution in [-0.4, -0.2) is 42.8 Å². The zero-order chi connectivity index (χ0) is 18.5. The van der Waals surface area contributed by atoms with Crippen LogP contribution in [0.3, 0.4) is 0 Å². The number of benzene rings is 2. The van der Waals surface area contributed by atoms with Crippen LogP contribution in [0.25, 0.3) is 0 Å². The summed E-state index contributed by atoms with van der Waals surface area (Å²) in [6.07, 6.45) is -1.22. The van der Waals surface area contributed by atoms with Crippen molar-refractivity contribution in [2.75, 3.05) is 0 Å². The number of rotatable bonds is 4. The second-order valence-corrected chi connectivity index (χ2v) is 8.19. The number of ether oxygens (including phenoxy) is 1. The highest BCUT2D eigenvalue weighted by molar-refractivity contribution is 7.89. The summed E-state index contributed by atoms with van der Waals surface area (Å²) >= 11 is 0. The van der Waals surface area contributed by atoms with Crippen LogP contribution in [0, 0.1) is 0 Å². The molecule has 1 aliphatic heterocycles. The number of para-hydroxylation sites is 1. The lowest BCUT2D eigenvalue weighted by Gasteiger charge is -2.20. The van der Waals surface area contributed by atoms with E-state index in [4.69, 9.17) is 4.74 Å². The van der Waals surface area contributed by atoms with Crippen molar-refractivity contribution >= 4 is 16.0 Å². The molecule has 1 saturated carbocycles. The van der Waals surface area contributed by atoms with Gasteiger partial charge in [0.1, 0.15) is 17.4 Å². The fourth-order valence-electron chi connectivity index (χ4n) is 3.77. The van der Waals surface area contributed by atoms with Crippen LogP contribution in [-0.2, 0) is 10.0 Å². The summed E-state index contributed by atoms with van der Waals surface area (Å²) in [6, 6.07) is 12.0. The molecule has 0 bridgehead atoms. The maximum atomic E-state index is 12.5. The second kappa shape index (κ2) is 6.08. The molecule has 1 aliphatic carbocycles. The molecule has 3 N–H and O–H groups in total. The van der Waals surface area contributed by atoms with Gasteiger partial charge < -0.3 is 14.9 Å². The average molecular weight is 375 g/mol. The van der Waals surface area contributed by atoms with E-state index >= 15 is 0 Å².